The number of hydrogen-bond donors (Lipinski definition) is 9. The summed E-state index contributed by atoms with van der Waals surface area (Å²) in [6.07, 6.45) is -10.4. The number of carbonyl (C=O) groups is 5. The highest BCUT2D eigenvalue weighted by Crippen LogP contribution is 2.28. The zero-order valence-corrected chi connectivity index (χ0v) is 37.1. The Balaban J connectivity index is 1.63. The molecule has 0 unspecified atom stereocenters. The Morgan fingerprint density at radius 3 is 1.89 bits per heavy atom. The molecule has 0 bridgehead atoms. The molecule has 1 aliphatic rings. The van der Waals surface area contributed by atoms with E-state index in [9.17, 15) is 49.5 Å². The fourth-order valence-electron chi connectivity index (χ4n) is 6.77. The lowest BCUT2D eigenvalue weighted by Gasteiger charge is -2.38. The monoisotopic (exact) mass is 896 g/mol. The predicted octanol–water partition coefficient (Wildman–Crippen LogP) is 1.48. The van der Waals surface area contributed by atoms with Gasteiger partial charge in [0, 0.05) is 30.9 Å². The predicted molar refractivity (Wildman–Crippen MR) is 229 cm³/mol. The van der Waals surface area contributed by atoms with Crippen LogP contribution >= 0.6 is 0 Å². The minimum Gasteiger partial charge on any atom is -0.479 e. The Morgan fingerprint density at radius 1 is 0.766 bits per heavy atom. The van der Waals surface area contributed by atoms with E-state index in [1.165, 1.54) is 37.6 Å². The topological polar surface area (TPSA) is 288 Å². The maximum absolute atomic E-state index is 14.0. The summed E-state index contributed by atoms with van der Waals surface area (Å²) in [7, 11) is 2.36. The van der Waals surface area contributed by atoms with Crippen molar-refractivity contribution in [2.45, 2.75) is 109 Å². The number of aromatic nitrogens is 1. The molecule has 2 heterocycles. The van der Waals surface area contributed by atoms with Gasteiger partial charge in [-0.2, -0.15) is 0 Å². The van der Waals surface area contributed by atoms with E-state index >= 15 is 0 Å². The first kappa shape index (κ1) is 50.7. The van der Waals surface area contributed by atoms with Gasteiger partial charge in [-0.05, 0) is 34.4 Å². The molecule has 1 saturated heterocycles. The number of aliphatic hydroxyl groups excluding tert-OH is 4. The van der Waals surface area contributed by atoms with Gasteiger partial charge in [0.15, 0.2) is 6.10 Å². The number of methoxy groups -OCH3 is 2. The van der Waals surface area contributed by atoms with Gasteiger partial charge in [-0.3, -0.25) is 20.0 Å². The maximum Gasteiger partial charge on any atom is 0.407 e. The van der Waals surface area contributed by atoms with E-state index in [1.807, 2.05) is 30.3 Å². The first-order chi connectivity index (χ1) is 30.0. The fraction of sp³-hybridized carbons (Fsp3) is 0.500. The summed E-state index contributed by atoms with van der Waals surface area (Å²) < 4.78 is 20.5. The number of aliphatic carboxylic acids is 1. The molecular weight excluding hydrogens is 837 g/mol. The van der Waals surface area contributed by atoms with E-state index in [2.05, 4.69) is 26.4 Å². The highest BCUT2D eigenvalue weighted by Gasteiger charge is 2.48. The van der Waals surface area contributed by atoms with Crippen molar-refractivity contribution >= 4 is 30.0 Å². The fourth-order valence-corrected chi connectivity index (χ4v) is 6.77. The van der Waals surface area contributed by atoms with Gasteiger partial charge in [-0.1, -0.05) is 96.1 Å². The van der Waals surface area contributed by atoms with Gasteiger partial charge in [0.25, 0.3) is 5.91 Å². The molecule has 0 spiro atoms. The molecule has 20 heteroatoms. The average Bonchev–Trinajstić information content (AvgIpc) is 3.24. The van der Waals surface area contributed by atoms with Crippen LogP contribution in [0.1, 0.15) is 52.7 Å². The summed E-state index contributed by atoms with van der Waals surface area (Å²) in [6.45, 7) is 10.3. The highest BCUT2D eigenvalue weighted by atomic mass is 16.7. The number of nitrogens with one attached hydrogen (secondary N) is 4. The van der Waals surface area contributed by atoms with Crippen molar-refractivity contribution in [1.29, 1.82) is 0 Å². The van der Waals surface area contributed by atoms with Crippen LogP contribution in [0.15, 0.2) is 72.9 Å². The molecular formula is C44H60N6O14. The molecule has 350 valence electrons. The lowest BCUT2D eigenvalue weighted by molar-refractivity contribution is -0.271. The number of aliphatic hydroxyl groups is 4. The van der Waals surface area contributed by atoms with Crippen LogP contribution in [0, 0.1) is 10.8 Å². The third-order valence-electron chi connectivity index (χ3n) is 10.3. The summed E-state index contributed by atoms with van der Waals surface area (Å²) >= 11 is 0. The minimum absolute atomic E-state index is 0.00505. The standard InChI is InChI=1S/C44H60N6O14/c1-43(2,3)35(47-41(59)61-7)37(55)46-29(20-24-12-10-9-11-13-24)30(51)23-50(49-38(56)36(44(4,5)6)48-42(60)62-8)22-25-14-16-26(17-15-25)28-21-27(18-19-45-28)63-40-33(54)31(52)32(53)34(64-40)39(57)58/h9-19,21,29-36,40,51-54H,20,22-23H2,1-8H3,(H,46,55)(H,47,59)(H,48,60)(H,49,56)(H,57,58)/t29-,30-,31-,32-,33+,34-,35+,36+,40+/m0/s1. The molecule has 0 saturated carbocycles. The zero-order valence-electron chi connectivity index (χ0n) is 37.1. The van der Waals surface area contributed by atoms with E-state index in [0.29, 0.717) is 16.8 Å². The van der Waals surface area contributed by atoms with Crippen LogP contribution in [-0.4, -0.2) is 141 Å². The second-order valence-corrected chi connectivity index (χ2v) is 17.5. The second-order valence-electron chi connectivity index (χ2n) is 17.5. The summed E-state index contributed by atoms with van der Waals surface area (Å²) in [5.74, 6) is -2.65. The number of amides is 4. The van der Waals surface area contributed by atoms with Crippen molar-refractivity contribution in [3.63, 3.8) is 0 Å². The van der Waals surface area contributed by atoms with E-state index in [4.69, 9.17) is 18.9 Å². The van der Waals surface area contributed by atoms with Crippen molar-refractivity contribution in [1.82, 2.24) is 31.4 Å². The number of rotatable bonds is 17. The first-order valence-corrected chi connectivity index (χ1v) is 20.4. The third kappa shape index (κ3) is 14.1. The quantitative estimate of drug-likeness (QED) is 0.0868. The molecule has 64 heavy (non-hydrogen) atoms. The number of pyridine rings is 1. The maximum atomic E-state index is 14.0. The smallest absolute Gasteiger partial charge is 0.407 e. The number of carboxylic acid groups (broad SMARTS) is 1. The number of alkyl carbamates (subject to hydrolysis) is 2. The van der Waals surface area contributed by atoms with Crippen LogP contribution in [0.2, 0.25) is 0 Å². The van der Waals surface area contributed by atoms with Crippen LogP contribution in [-0.2, 0) is 41.6 Å². The van der Waals surface area contributed by atoms with E-state index < -0.39 is 95.7 Å². The van der Waals surface area contributed by atoms with E-state index in [1.54, 1.807) is 65.8 Å². The van der Waals surface area contributed by atoms with Gasteiger partial charge in [0.2, 0.25) is 12.2 Å². The average molecular weight is 897 g/mol. The Bertz CT molecular complexity index is 2040. The van der Waals surface area contributed by atoms with E-state index in [-0.39, 0.29) is 25.3 Å². The lowest BCUT2D eigenvalue weighted by Crippen LogP contribution is -2.61. The molecule has 1 aromatic heterocycles. The minimum atomic E-state index is -1.89. The Labute approximate surface area is 371 Å². The summed E-state index contributed by atoms with van der Waals surface area (Å²) in [4.78, 5) is 68.4. The molecule has 4 amide bonds. The largest absolute Gasteiger partial charge is 0.479 e. The second kappa shape index (κ2) is 22.1. The zero-order chi connectivity index (χ0) is 47.5. The van der Waals surface area contributed by atoms with Gasteiger partial charge in [-0.15, -0.1) is 0 Å². The Kier molecular flexibility index (Phi) is 17.6. The number of benzene rings is 2. The van der Waals surface area contributed by atoms with Gasteiger partial charge < -0.3 is 60.4 Å². The Hall–Kier alpha value is -5.90. The van der Waals surface area contributed by atoms with Gasteiger partial charge in [0.1, 0.15) is 36.1 Å². The summed E-state index contributed by atoms with van der Waals surface area (Å²) in [5.41, 5.74) is 3.68. The first-order valence-electron chi connectivity index (χ1n) is 20.4. The normalized spacial score (nSPS) is 20.7. The van der Waals surface area contributed by atoms with Crippen LogP contribution in [0.25, 0.3) is 11.3 Å². The molecule has 9 atom stereocenters. The number of hydrogen-bond acceptors (Lipinski definition) is 15. The van der Waals surface area contributed by atoms with Crippen LogP contribution in [0.3, 0.4) is 0 Å². The molecule has 20 nitrogen and oxygen atoms in total. The molecule has 4 rings (SSSR count). The molecule has 9 N–H and O–H groups in total. The van der Waals surface area contributed by atoms with Crippen molar-refractivity contribution in [2.24, 2.45) is 10.8 Å². The molecule has 1 fully saturated rings. The van der Waals surface area contributed by atoms with Crippen molar-refractivity contribution < 1.29 is 68.5 Å². The molecule has 0 aliphatic carbocycles. The number of carboxylic acids is 1. The van der Waals surface area contributed by atoms with Crippen molar-refractivity contribution in [2.75, 3.05) is 20.8 Å². The van der Waals surface area contributed by atoms with Crippen LogP contribution < -0.4 is 26.1 Å². The summed E-state index contributed by atoms with van der Waals surface area (Å²) in [5, 5.41) is 61.6. The number of ether oxygens (including phenoxy) is 4. The number of nitrogens with zero attached hydrogens (tertiary/aromatic N) is 2. The van der Waals surface area contributed by atoms with Crippen LogP contribution in [0.5, 0.6) is 5.75 Å². The Morgan fingerprint density at radius 2 is 1.34 bits per heavy atom. The summed E-state index contributed by atoms with van der Waals surface area (Å²) in [6, 6.07) is 15.9. The van der Waals surface area contributed by atoms with Crippen LogP contribution in [0.4, 0.5) is 9.59 Å². The van der Waals surface area contributed by atoms with Gasteiger partial charge >= 0.3 is 18.2 Å². The third-order valence-corrected chi connectivity index (χ3v) is 10.3. The SMILES string of the molecule is COC(=O)N[C@H](C(=O)N[C@@H](Cc1ccccc1)[C@@H](O)CN(Cc1ccc(-c2cc(O[C@@H]3O[C@H](C(=O)O)[C@@H](O)[C@H](O)[C@H]3O)ccn2)cc1)NC(=O)[C@@H](NC(=O)OC)C(C)(C)C)C(C)(C)C. The molecule has 3 aromatic rings. The molecule has 0 radical (unpaired) electrons. The molecule has 2 aromatic carbocycles. The number of hydrazine groups is 1. The van der Waals surface area contributed by atoms with Gasteiger partial charge in [-0.25, -0.2) is 19.4 Å². The lowest BCUT2D eigenvalue weighted by atomic mass is 9.85. The number of carbonyl (C=O) groups excluding carboxylic acids is 4. The van der Waals surface area contributed by atoms with Gasteiger partial charge in [0.05, 0.1) is 32.1 Å². The van der Waals surface area contributed by atoms with Crippen molar-refractivity contribution in [3.05, 3.63) is 84.1 Å². The van der Waals surface area contributed by atoms with Crippen molar-refractivity contribution in [3.8, 4) is 17.0 Å². The highest BCUT2D eigenvalue weighted by molar-refractivity contribution is 5.87. The van der Waals surface area contributed by atoms with E-state index in [0.717, 1.165) is 5.56 Å². The molecule has 1 aliphatic heterocycles.